The second-order valence-electron chi connectivity index (χ2n) is 9.70. The highest BCUT2D eigenvalue weighted by Crippen LogP contribution is 2.17. The van der Waals surface area contributed by atoms with Crippen molar-refractivity contribution in [3.63, 3.8) is 0 Å². The molecule has 0 aliphatic heterocycles. The number of benzene rings is 2. The van der Waals surface area contributed by atoms with E-state index in [0.717, 1.165) is 43.2 Å². The minimum Gasteiger partial charge on any atom is -0.390 e. The molecule has 0 aromatic heterocycles. The predicted octanol–water partition coefficient (Wildman–Crippen LogP) is 4.90. The van der Waals surface area contributed by atoms with Gasteiger partial charge in [-0.2, -0.15) is 0 Å². The molecule has 0 heterocycles. The van der Waals surface area contributed by atoms with Crippen molar-refractivity contribution >= 4 is 11.8 Å². The molecule has 2 aromatic rings. The highest BCUT2D eigenvalue weighted by atomic mass is 16.3. The Hall–Kier alpha value is -2.70. The van der Waals surface area contributed by atoms with Gasteiger partial charge in [-0.25, -0.2) is 0 Å². The number of unbranched alkanes of at least 4 members (excludes halogenated alkanes) is 2. The van der Waals surface area contributed by atoms with E-state index in [2.05, 4.69) is 12.2 Å². The van der Waals surface area contributed by atoms with E-state index in [1.54, 1.807) is 12.1 Å². The van der Waals surface area contributed by atoms with Crippen molar-refractivity contribution in [2.45, 2.75) is 90.9 Å². The number of hydrogen-bond donors (Lipinski definition) is 3. The lowest BCUT2D eigenvalue weighted by molar-refractivity contribution is -0.00830. The molecule has 0 bridgehead atoms. The van der Waals surface area contributed by atoms with Crippen molar-refractivity contribution < 1.29 is 19.8 Å². The number of aryl methyl sites for hydroxylation is 1. The lowest BCUT2D eigenvalue weighted by Gasteiger charge is -2.28. The van der Waals surface area contributed by atoms with E-state index in [1.807, 2.05) is 62.1 Å². The van der Waals surface area contributed by atoms with Crippen LogP contribution in [0.4, 0.5) is 0 Å². The van der Waals surface area contributed by atoms with E-state index in [1.165, 1.54) is 0 Å². The van der Waals surface area contributed by atoms with Crippen LogP contribution in [0, 0.1) is 6.92 Å². The summed E-state index contributed by atoms with van der Waals surface area (Å²) in [7, 11) is 0. The molecular formula is C30H44N2O4. The van der Waals surface area contributed by atoms with Crippen LogP contribution in [0.1, 0.15) is 91.1 Å². The highest BCUT2D eigenvalue weighted by Gasteiger charge is 2.28. The summed E-state index contributed by atoms with van der Waals surface area (Å²) < 4.78 is 0. The van der Waals surface area contributed by atoms with Gasteiger partial charge in [0.05, 0.1) is 12.1 Å². The molecule has 0 unspecified atom stereocenters. The summed E-state index contributed by atoms with van der Waals surface area (Å²) in [5, 5.41) is 24.6. The third kappa shape index (κ3) is 9.07. The number of aliphatic hydroxyl groups excluding tert-OH is 2. The molecule has 2 aromatic carbocycles. The van der Waals surface area contributed by atoms with Crippen molar-refractivity contribution in [1.29, 1.82) is 0 Å². The first-order valence-electron chi connectivity index (χ1n) is 13.4. The number of nitrogens with one attached hydrogen (secondary N) is 1. The Kier molecular flexibility index (Phi) is 12.6. The SMILES string of the molecule is CCCCC[C@H](O)[C@H](O)[C@H](Cc1ccccc1)NC(=O)c1cc(C)cc(C(=O)N(CCC)CCC)c1. The third-order valence-corrected chi connectivity index (χ3v) is 6.39. The maximum Gasteiger partial charge on any atom is 0.253 e. The number of rotatable bonds is 15. The van der Waals surface area contributed by atoms with Gasteiger partial charge in [0.15, 0.2) is 0 Å². The van der Waals surface area contributed by atoms with E-state index in [4.69, 9.17) is 0 Å². The van der Waals surface area contributed by atoms with Crippen LogP contribution in [-0.2, 0) is 6.42 Å². The first kappa shape index (κ1) is 29.5. The summed E-state index contributed by atoms with van der Waals surface area (Å²) in [6, 6.07) is 14.1. The smallest absolute Gasteiger partial charge is 0.253 e. The molecule has 198 valence electrons. The second-order valence-corrected chi connectivity index (χ2v) is 9.70. The van der Waals surface area contributed by atoms with Gasteiger partial charge < -0.3 is 20.4 Å². The molecule has 3 atom stereocenters. The van der Waals surface area contributed by atoms with Gasteiger partial charge in [-0.3, -0.25) is 9.59 Å². The Labute approximate surface area is 216 Å². The quantitative estimate of drug-likeness (QED) is 0.306. The molecule has 0 fully saturated rings. The van der Waals surface area contributed by atoms with Crippen molar-refractivity contribution in [2.75, 3.05) is 13.1 Å². The minimum absolute atomic E-state index is 0.0799. The van der Waals surface area contributed by atoms with Crippen LogP contribution < -0.4 is 5.32 Å². The van der Waals surface area contributed by atoms with E-state index < -0.39 is 18.2 Å². The molecule has 2 amide bonds. The van der Waals surface area contributed by atoms with E-state index in [-0.39, 0.29) is 11.8 Å². The van der Waals surface area contributed by atoms with Crippen molar-refractivity contribution in [3.05, 3.63) is 70.8 Å². The van der Waals surface area contributed by atoms with Crippen LogP contribution in [0.5, 0.6) is 0 Å². The van der Waals surface area contributed by atoms with Gasteiger partial charge in [-0.05, 0) is 61.9 Å². The van der Waals surface area contributed by atoms with Gasteiger partial charge in [0, 0.05) is 24.2 Å². The molecular weight excluding hydrogens is 452 g/mol. The average molecular weight is 497 g/mol. The Morgan fingerprint density at radius 2 is 1.53 bits per heavy atom. The molecule has 0 spiro atoms. The third-order valence-electron chi connectivity index (χ3n) is 6.39. The van der Waals surface area contributed by atoms with Gasteiger partial charge >= 0.3 is 0 Å². The number of aliphatic hydroxyl groups is 2. The van der Waals surface area contributed by atoms with Crippen molar-refractivity contribution in [1.82, 2.24) is 10.2 Å². The maximum atomic E-state index is 13.4. The molecule has 3 N–H and O–H groups in total. The van der Waals surface area contributed by atoms with Crippen molar-refractivity contribution in [3.8, 4) is 0 Å². The molecule has 36 heavy (non-hydrogen) atoms. The lowest BCUT2D eigenvalue weighted by Crippen LogP contribution is -2.49. The summed E-state index contributed by atoms with van der Waals surface area (Å²) in [5.74, 6) is -0.449. The first-order chi connectivity index (χ1) is 17.3. The van der Waals surface area contributed by atoms with Gasteiger partial charge in [0.1, 0.15) is 6.10 Å². The first-order valence-corrected chi connectivity index (χ1v) is 13.4. The molecule has 0 saturated carbocycles. The van der Waals surface area contributed by atoms with E-state index in [0.29, 0.717) is 37.1 Å². The summed E-state index contributed by atoms with van der Waals surface area (Å²) in [4.78, 5) is 28.3. The van der Waals surface area contributed by atoms with E-state index in [9.17, 15) is 19.8 Å². The van der Waals surface area contributed by atoms with Crippen molar-refractivity contribution in [2.24, 2.45) is 0 Å². The Bertz CT molecular complexity index is 941. The fourth-order valence-corrected chi connectivity index (χ4v) is 4.49. The number of carbonyl (C=O) groups is 2. The number of nitrogens with zero attached hydrogens (tertiary/aromatic N) is 1. The zero-order chi connectivity index (χ0) is 26.5. The Balaban J connectivity index is 2.26. The normalized spacial score (nSPS) is 13.6. The summed E-state index contributed by atoms with van der Waals surface area (Å²) in [6.07, 6.45) is 3.37. The molecule has 6 heteroatoms. The van der Waals surface area contributed by atoms with Gasteiger partial charge in [-0.1, -0.05) is 70.4 Å². The van der Waals surface area contributed by atoms with E-state index >= 15 is 0 Å². The molecule has 2 rings (SSSR count). The molecule has 6 nitrogen and oxygen atoms in total. The second kappa shape index (κ2) is 15.4. The topological polar surface area (TPSA) is 89.9 Å². The number of carbonyl (C=O) groups excluding carboxylic acids is 2. The van der Waals surface area contributed by atoms with Crippen LogP contribution in [0.2, 0.25) is 0 Å². The maximum absolute atomic E-state index is 13.4. The molecule has 0 aliphatic carbocycles. The Morgan fingerprint density at radius 1 is 0.889 bits per heavy atom. The summed E-state index contributed by atoms with van der Waals surface area (Å²) in [6.45, 7) is 9.38. The fourth-order valence-electron chi connectivity index (χ4n) is 4.49. The van der Waals surface area contributed by atoms with Crippen LogP contribution >= 0.6 is 0 Å². The zero-order valence-corrected chi connectivity index (χ0v) is 22.4. The average Bonchev–Trinajstić information content (AvgIpc) is 2.87. The molecule has 0 saturated heterocycles. The van der Waals surface area contributed by atoms with Crippen LogP contribution in [0.3, 0.4) is 0 Å². The zero-order valence-electron chi connectivity index (χ0n) is 22.4. The Morgan fingerprint density at radius 3 is 2.14 bits per heavy atom. The predicted molar refractivity (Wildman–Crippen MR) is 145 cm³/mol. The summed E-state index contributed by atoms with van der Waals surface area (Å²) in [5.41, 5.74) is 2.63. The number of amides is 2. The van der Waals surface area contributed by atoms with Gasteiger partial charge in [0.2, 0.25) is 0 Å². The standard InChI is InChI=1S/C30H44N2O4/c1-5-8-10-15-27(33)28(34)26(20-23-13-11-9-12-14-23)31-29(35)24-18-22(4)19-25(21-24)30(36)32(16-6-2)17-7-3/h9,11-14,18-19,21,26-28,33-34H,5-8,10,15-17,20H2,1-4H3,(H,31,35)/t26-,27-,28+/m0/s1. The molecule has 0 aliphatic rings. The van der Waals surface area contributed by atoms with Crippen LogP contribution in [0.15, 0.2) is 48.5 Å². The lowest BCUT2D eigenvalue weighted by atomic mass is 9.94. The molecule has 0 radical (unpaired) electrons. The fraction of sp³-hybridized carbons (Fsp3) is 0.533. The summed E-state index contributed by atoms with van der Waals surface area (Å²) >= 11 is 0. The number of hydrogen-bond acceptors (Lipinski definition) is 4. The van der Waals surface area contributed by atoms with Gasteiger partial charge in [-0.15, -0.1) is 0 Å². The van der Waals surface area contributed by atoms with Gasteiger partial charge in [0.25, 0.3) is 11.8 Å². The van der Waals surface area contributed by atoms with Crippen LogP contribution in [-0.4, -0.2) is 58.3 Å². The highest BCUT2D eigenvalue weighted by molar-refractivity contribution is 6.00. The monoisotopic (exact) mass is 496 g/mol. The minimum atomic E-state index is -1.11. The largest absolute Gasteiger partial charge is 0.390 e. The van der Waals surface area contributed by atoms with Crippen LogP contribution in [0.25, 0.3) is 0 Å².